The van der Waals surface area contributed by atoms with Crippen LogP contribution >= 0.6 is 0 Å². The van der Waals surface area contributed by atoms with Crippen molar-refractivity contribution in [3.8, 4) is 11.4 Å². The van der Waals surface area contributed by atoms with Crippen molar-refractivity contribution in [2.75, 3.05) is 25.5 Å². The lowest BCUT2D eigenvalue weighted by atomic mass is 10.1. The number of benzene rings is 2. The highest BCUT2D eigenvalue weighted by atomic mass is 32.2. The molecule has 1 aliphatic rings. The topological polar surface area (TPSA) is 80.6 Å². The number of ether oxygens (including phenoxy) is 1. The van der Waals surface area contributed by atoms with Crippen molar-refractivity contribution in [2.24, 2.45) is 0 Å². The second-order valence-electron chi connectivity index (χ2n) is 8.16. The number of methoxy groups -OCH3 is 1. The number of aromatic nitrogens is 1. The highest BCUT2D eigenvalue weighted by Crippen LogP contribution is 2.30. The monoisotopic (exact) mass is 467 g/mol. The summed E-state index contributed by atoms with van der Waals surface area (Å²) in [4.78, 5) is 12.9. The number of nitrogens with zero attached hydrogens (tertiary/aromatic N) is 2. The number of anilines is 1. The predicted molar refractivity (Wildman–Crippen MR) is 128 cm³/mol. The lowest BCUT2D eigenvalue weighted by Crippen LogP contribution is -2.32. The van der Waals surface area contributed by atoms with Gasteiger partial charge in [0, 0.05) is 31.2 Å². The summed E-state index contributed by atoms with van der Waals surface area (Å²) < 4.78 is 35.2. The van der Waals surface area contributed by atoms with Crippen molar-refractivity contribution in [3.63, 3.8) is 0 Å². The maximum Gasteiger partial charge on any atom is 0.243 e. The van der Waals surface area contributed by atoms with Crippen LogP contribution in [0.4, 0.5) is 5.69 Å². The van der Waals surface area contributed by atoms with Gasteiger partial charge in [0.2, 0.25) is 15.9 Å². The van der Waals surface area contributed by atoms with Crippen molar-refractivity contribution >= 4 is 21.6 Å². The number of nitrogens with one attached hydrogen (secondary N) is 1. The molecule has 3 aromatic rings. The first kappa shape index (κ1) is 23.1. The Morgan fingerprint density at radius 1 is 0.970 bits per heavy atom. The second-order valence-corrected chi connectivity index (χ2v) is 10.1. The standard InChI is InChI=1S/C25H29N3O4S/c1-32-24-13-12-22(33(30,31)28-16-4-2-3-5-17-28)19-23(24)26-25(29)18-20-8-10-21(11-9-20)27-14-6-7-15-27/h6-15,19H,2-5,16-18H2,1H3,(H,26,29). The summed E-state index contributed by atoms with van der Waals surface area (Å²) in [6.45, 7) is 1.05. The average Bonchev–Trinajstić information content (AvgIpc) is 3.21. The van der Waals surface area contributed by atoms with E-state index >= 15 is 0 Å². The Kier molecular flexibility index (Phi) is 7.15. The van der Waals surface area contributed by atoms with Gasteiger partial charge < -0.3 is 14.6 Å². The quantitative estimate of drug-likeness (QED) is 0.564. The molecule has 1 saturated heterocycles. The Balaban J connectivity index is 1.49. The highest BCUT2D eigenvalue weighted by molar-refractivity contribution is 7.89. The Labute approximate surface area is 195 Å². The van der Waals surface area contributed by atoms with Gasteiger partial charge in [-0.1, -0.05) is 25.0 Å². The van der Waals surface area contributed by atoms with Crippen molar-refractivity contribution in [1.82, 2.24) is 8.87 Å². The van der Waals surface area contributed by atoms with Crippen LogP contribution in [0, 0.1) is 0 Å². The van der Waals surface area contributed by atoms with Crippen molar-refractivity contribution in [1.29, 1.82) is 0 Å². The minimum absolute atomic E-state index is 0.163. The van der Waals surface area contributed by atoms with Crippen LogP contribution in [0.5, 0.6) is 5.75 Å². The molecule has 174 valence electrons. The molecule has 1 fully saturated rings. The summed E-state index contributed by atoms with van der Waals surface area (Å²) in [6, 6.07) is 16.3. The molecule has 33 heavy (non-hydrogen) atoms. The Bertz CT molecular complexity index is 1180. The van der Waals surface area contributed by atoms with Crippen LogP contribution in [0.2, 0.25) is 0 Å². The molecular weight excluding hydrogens is 438 g/mol. The maximum absolute atomic E-state index is 13.2. The number of rotatable bonds is 7. The summed E-state index contributed by atoms with van der Waals surface area (Å²) in [5.41, 5.74) is 2.22. The zero-order valence-corrected chi connectivity index (χ0v) is 19.6. The predicted octanol–water partition coefficient (Wildman–Crippen LogP) is 4.23. The van der Waals surface area contributed by atoms with E-state index in [0.717, 1.165) is 36.9 Å². The van der Waals surface area contributed by atoms with Gasteiger partial charge in [-0.2, -0.15) is 4.31 Å². The van der Waals surface area contributed by atoms with Crippen LogP contribution in [0.1, 0.15) is 31.2 Å². The SMILES string of the molecule is COc1ccc(S(=O)(=O)N2CCCCCC2)cc1NC(=O)Cc1ccc(-n2cccc2)cc1. The summed E-state index contributed by atoms with van der Waals surface area (Å²) in [7, 11) is -2.14. The third-order valence-corrected chi connectivity index (χ3v) is 7.75. The van der Waals surface area contributed by atoms with E-state index in [1.54, 1.807) is 10.4 Å². The van der Waals surface area contributed by atoms with E-state index in [-0.39, 0.29) is 17.2 Å². The van der Waals surface area contributed by atoms with Gasteiger partial charge >= 0.3 is 0 Å². The lowest BCUT2D eigenvalue weighted by Gasteiger charge is -2.21. The molecular formula is C25H29N3O4S. The fourth-order valence-electron chi connectivity index (χ4n) is 4.05. The third-order valence-electron chi connectivity index (χ3n) is 5.85. The molecule has 2 aromatic carbocycles. The second kappa shape index (κ2) is 10.2. The van der Waals surface area contributed by atoms with Crippen molar-refractivity contribution < 1.29 is 17.9 Å². The molecule has 0 atom stereocenters. The molecule has 0 bridgehead atoms. The molecule has 0 unspecified atom stereocenters. The van der Waals surface area contributed by atoms with Crippen molar-refractivity contribution in [2.45, 2.75) is 37.0 Å². The zero-order chi connectivity index (χ0) is 23.3. The number of sulfonamides is 1. The fraction of sp³-hybridized carbons (Fsp3) is 0.320. The number of amides is 1. The van der Waals surface area contributed by atoms with Gasteiger partial charge in [0.25, 0.3) is 0 Å². The summed E-state index contributed by atoms with van der Waals surface area (Å²) >= 11 is 0. The Morgan fingerprint density at radius 2 is 1.64 bits per heavy atom. The van der Waals surface area contributed by atoms with Crippen LogP contribution in [-0.2, 0) is 21.2 Å². The maximum atomic E-state index is 13.2. The number of carbonyl (C=O) groups excluding carboxylic acids is 1. The zero-order valence-electron chi connectivity index (χ0n) is 18.7. The van der Waals surface area contributed by atoms with E-state index in [0.29, 0.717) is 24.5 Å². The molecule has 1 aliphatic heterocycles. The van der Waals surface area contributed by atoms with Crippen LogP contribution in [0.15, 0.2) is 71.9 Å². The van der Waals surface area contributed by atoms with Gasteiger partial charge in [0.05, 0.1) is 24.1 Å². The lowest BCUT2D eigenvalue weighted by molar-refractivity contribution is -0.115. The first-order chi connectivity index (χ1) is 16.0. The summed E-state index contributed by atoms with van der Waals surface area (Å²) in [5, 5.41) is 2.83. The normalized spacial score (nSPS) is 15.1. The number of hydrogen-bond acceptors (Lipinski definition) is 4. The fourth-order valence-corrected chi connectivity index (χ4v) is 5.59. The van der Waals surface area contributed by atoms with Gasteiger partial charge in [-0.25, -0.2) is 8.42 Å². The molecule has 0 aliphatic carbocycles. The first-order valence-electron chi connectivity index (χ1n) is 11.2. The van der Waals surface area contributed by atoms with E-state index in [1.165, 1.54) is 19.2 Å². The molecule has 0 saturated carbocycles. The van der Waals surface area contributed by atoms with E-state index in [1.807, 2.05) is 53.4 Å². The van der Waals surface area contributed by atoms with Crippen molar-refractivity contribution in [3.05, 3.63) is 72.6 Å². The molecule has 0 spiro atoms. The van der Waals surface area contributed by atoms with Gasteiger partial charge in [0.1, 0.15) is 5.75 Å². The van der Waals surface area contributed by atoms with Crippen LogP contribution in [-0.4, -0.2) is 43.4 Å². The summed E-state index contributed by atoms with van der Waals surface area (Å²) in [5.74, 6) is 0.174. The van der Waals surface area contributed by atoms with E-state index in [4.69, 9.17) is 4.74 Å². The van der Waals surface area contributed by atoms with Crippen LogP contribution < -0.4 is 10.1 Å². The van der Waals surface area contributed by atoms with Gasteiger partial charge in [0.15, 0.2) is 0 Å². The molecule has 1 aromatic heterocycles. The molecule has 0 radical (unpaired) electrons. The van der Waals surface area contributed by atoms with Gasteiger partial charge in [-0.05, 0) is 60.9 Å². The Hall–Kier alpha value is -3.10. The minimum atomic E-state index is -3.63. The number of carbonyl (C=O) groups is 1. The van der Waals surface area contributed by atoms with Gasteiger partial charge in [-0.15, -0.1) is 0 Å². The summed E-state index contributed by atoms with van der Waals surface area (Å²) in [6.07, 6.45) is 7.90. The van der Waals surface area contributed by atoms with E-state index in [9.17, 15) is 13.2 Å². The van der Waals surface area contributed by atoms with Crippen LogP contribution in [0.3, 0.4) is 0 Å². The van der Waals surface area contributed by atoms with E-state index < -0.39 is 10.0 Å². The molecule has 1 N–H and O–H groups in total. The minimum Gasteiger partial charge on any atom is -0.495 e. The largest absolute Gasteiger partial charge is 0.495 e. The smallest absolute Gasteiger partial charge is 0.243 e. The highest BCUT2D eigenvalue weighted by Gasteiger charge is 2.26. The Morgan fingerprint density at radius 3 is 2.27 bits per heavy atom. The molecule has 8 heteroatoms. The van der Waals surface area contributed by atoms with E-state index in [2.05, 4.69) is 5.32 Å². The molecule has 7 nitrogen and oxygen atoms in total. The van der Waals surface area contributed by atoms with Gasteiger partial charge in [-0.3, -0.25) is 4.79 Å². The molecule has 4 rings (SSSR count). The molecule has 1 amide bonds. The average molecular weight is 468 g/mol. The first-order valence-corrected chi connectivity index (χ1v) is 12.6. The molecule has 2 heterocycles. The third kappa shape index (κ3) is 5.46. The number of hydrogen-bond donors (Lipinski definition) is 1. The van der Waals surface area contributed by atoms with Crippen LogP contribution in [0.25, 0.3) is 5.69 Å².